The van der Waals surface area contributed by atoms with Gasteiger partial charge < -0.3 is 10.2 Å². The Kier molecular flexibility index (Phi) is 2.07. The number of aromatic amines is 1. The molecule has 0 unspecified atom stereocenters. The molecule has 2 heterocycles. The first kappa shape index (κ1) is 10.1. The van der Waals surface area contributed by atoms with Crippen molar-refractivity contribution in [3.05, 3.63) is 27.2 Å². The number of fused-ring (bicyclic) bond motifs is 1. The van der Waals surface area contributed by atoms with Crippen molar-refractivity contribution in [2.24, 2.45) is 0 Å². The first-order valence-corrected chi connectivity index (χ1v) is 5.60. The minimum absolute atomic E-state index is 0.0206. The number of rotatable bonds is 1. The number of nitrogens with zero attached hydrogens (tertiary/aromatic N) is 3. The van der Waals surface area contributed by atoms with E-state index in [1.807, 2.05) is 0 Å². The molecule has 1 aliphatic carbocycles. The minimum Gasteiger partial charge on any atom is -0.421 e. The van der Waals surface area contributed by atoms with E-state index in [0.29, 0.717) is 5.65 Å². The number of nitrogens with one attached hydrogen (secondary N) is 1. The van der Waals surface area contributed by atoms with Gasteiger partial charge in [-0.15, -0.1) is 0 Å². The maximum absolute atomic E-state index is 11.9. The molecule has 1 aliphatic rings. The van der Waals surface area contributed by atoms with Crippen LogP contribution in [0.5, 0.6) is 0 Å². The second kappa shape index (κ2) is 3.47. The highest BCUT2D eigenvalue weighted by Gasteiger charge is 2.24. The number of H-pyrrole nitrogens is 1. The molecule has 7 heteroatoms. The fourth-order valence-electron chi connectivity index (χ4n) is 2.50. The summed E-state index contributed by atoms with van der Waals surface area (Å²) in [6, 6.07) is 0.0206. The molecular formula is C10H12N4O3. The van der Waals surface area contributed by atoms with Gasteiger partial charge in [0, 0.05) is 6.04 Å². The summed E-state index contributed by atoms with van der Waals surface area (Å²) < 4.78 is 1.57. The summed E-state index contributed by atoms with van der Waals surface area (Å²) in [4.78, 5) is 30.2. The van der Waals surface area contributed by atoms with Crippen molar-refractivity contribution in [3.63, 3.8) is 0 Å². The van der Waals surface area contributed by atoms with E-state index in [4.69, 9.17) is 0 Å². The van der Waals surface area contributed by atoms with E-state index >= 15 is 0 Å². The Hall–Kier alpha value is -2.05. The van der Waals surface area contributed by atoms with E-state index < -0.39 is 11.2 Å². The zero-order chi connectivity index (χ0) is 12.0. The SMILES string of the molecule is O=c1c2[nH]cnc2n(C2CCCC2)c(=O)n1O. The van der Waals surface area contributed by atoms with Gasteiger partial charge in [0.05, 0.1) is 6.33 Å². The summed E-state index contributed by atoms with van der Waals surface area (Å²) in [5.41, 5.74) is -0.963. The van der Waals surface area contributed by atoms with E-state index in [1.54, 1.807) is 0 Å². The Morgan fingerprint density at radius 2 is 2.06 bits per heavy atom. The molecule has 2 aromatic heterocycles. The summed E-state index contributed by atoms with van der Waals surface area (Å²) >= 11 is 0. The lowest BCUT2D eigenvalue weighted by molar-refractivity contribution is 0.154. The molecule has 0 bridgehead atoms. The lowest BCUT2D eigenvalue weighted by atomic mass is 10.2. The normalized spacial score (nSPS) is 16.9. The predicted octanol–water partition coefficient (Wildman–Crippen LogP) is 0.239. The van der Waals surface area contributed by atoms with Crippen molar-refractivity contribution in [2.75, 3.05) is 0 Å². The molecule has 0 aliphatic heterocycles. The Bertz CT molecular complexity index is 675. The van der Waals surface area contributed by atoms with Crippen molar-refractivity contribution in [3.8, 4) is 0 Å². The zero-order valence-electron chi connectivity index (χ0n) is 9.09. The summed E-state index contributed by atoms with van der Waals surface area (Å²) in [5.74, 6) is 0. The Balaban J connectivity index is 2.39. The van der Waals surface area contributed by atoms with E-state index in [-0.39, 0.29) is 16.3 Å². The van der Waals surface area contributed by atoms with Crippen molar-refractivity contribution in [2.45, 2.75) is 31.7 Å². The van der Waals surface area contributed by atoms with Crippen LogP contribution >= 0.6 is 0 Å². The first-order valence-electron chi connectivity index (χ1n) is 5.60. The van der Waals surface area contributed by atoms with Gasteiger partial charge in [-0.2, -0.15) is 0 Å². The van der Waals surface area contributed by atoms with Crippen LogP contribution in [0.1, 0.15) is 31.7 Å². The molecule has 0 radical (unpaired) electrons. The second-order valence-corrected chi connectivity index (χ2v) is 4.31. The molecule has 1 fully saturated rings. The van der Waals surface area contributed by atoms with E-state index in [9.17, 15) is 14.8 Å². The van der Waals surface area contributed by atoms with Crippen molar-refractivity contribution < 1.29 is 5.21 Å². The van der Waals surface area contributed by atoms with Gasteiger partial charge in [0.15, 0.2) is 11.2 Å². The van der Waals surface area contributed by atoms with Crippen LogP contribution in [0.3, 0.4) is 0 Å². The maximum atomic E-state index is 11.9. The number of imidazole rings is 1. The average Bonchev–Trinajstić information content (AvgIpc) is 2.97. The monoisotopic (exact) mass is 236 g/mol. The molecule has 0 atom stereocenters. The standard InChI is InChI=1S/C10H12N4O3/c15-9-7-8(12-5-11-7)13(10(16)14(9)17)6-3-1-2-4-6/h5-6,17H,1-4H2,(H,11,12). The van der Waals surface area contributed by atoms with Crippen molar-refractivity contribution >= 4 is 11.2 Å². The highest BCUT2D eigenvalue weighted by atomic mass is 16.5. The number of aromatic nitrogens is 4. The lowest BCUT2D eigenvalue weighted by Gasteiger charge is -2.13. The van der Waals surface area contributed by atoms with Gasteiger partial charge in [-0.3, -0.25) is 9.36 Å². The van der Waals surface area contributed by atoms with Crippen LogP contribution in [0.25, 0.3) is 11.2 Å². The molecule has 0 amide bonds. The fraction of sp³-hybridized carbons (Fsp3) is 0.500. The highest BCUT2D eigenvalue weighted by Crippen LogP contribution is 2.29. The predicted molar refractivity (Wildman–Crippen MR) is 59.3 cm³/mol. The van der Waals surface area contributed by atoms with Gasteiger partial charge in [0.25, 0.3) is 0 Å². The largest absolute Gasteiger partial charge is 0.421 e. The number of hydrogen-bond donors (Lipinski definition) is 2. The van der Waals surface area contributed by atoms with Gasteiger partial charge in [-0.1, -0.05) is 17.6 Å². The molecule has 0 aromatic carbocycles. The first-order chi connectivity index (χ1) is 8.20. The van der Waals surface area contributed by atoms with Crippen molar-refractivity contribution in [1.29, 1.82) is 0 Å². The molecule has 2 aromatic rings. The Morgan fingerprint density at radius 1 is 1.35 bits per heavy atom. The third-order valence-corrected chi connectivity index (χ3v) is 3.33. The molecule has 1 saturated carbocycles. The van der Waals surface area contributed by atoms with E-state index in [1.165, 1.54) is 10.9 Å². The van der Waals surface area contributed by atoms with Gasteiger partial charge >= 0.3 is 11.2 Å². The van der Waals surface area contributed by atoms with Gasteiger partial charge in [-0.25, -0.2) is 9.78 Å². The Labute approximate surface area is 95.3 Å². The maximum Gasteiger partial charge on any atom is 0.366 e. The molecule has 3 rings (SSSR count). The lowest BCUT2D eigenvalue weighted by Crippen LogP contribution is -2.40. The van der Waals surface area contributed by atoms with Crippen LogP contribution < -0.4 is 11.2 Å². The Morgan fingerprint density at radius 3 is 2.76 bits per heavy atom. The van der Waals surface area contributed by atoms with Crippen LogP contribution in [0.2, 0.25) is 0 Å². The second-order valence-electron chi connectivity index (χ2n) is 4.31. The van der Waals surface area contributed by atoms with Crippen LogP contribution in [0.15, 0.2) is 15.9 Å². The zero-order valence-corrected chi connectivity index (χ0v) is 9.09. The van der Waals surface area contributed by atoms with Crippen LogP contribution in [0.4, 0.5) is 0 Å². The van der Waals surface area contributed by atoms with Crippen molar-refractivity contribution in [1.82, 2.24) is 19.3 Å². The summed E-state index contributed by atoms with van der Waals surface area (Å²) in [6.45, 7) is 0. The molecule has 17 heavy (non-hydrogen) atoms. The molecular weight excluding hydrogens is 224 g/mol. The molecule has 90 valence electrons. The van der Waals surface area contributed by atoms with E-state index in [0.717, 1.165) is 25.7 Å². The van der Waals surface area contributed by atoms with Gasteiger partial charge in [0.1, 0.15) is 0 Å². The van der Waals surface area contributed by atoms with Gasteiger partial charge in [0.2, 0.25) is 0 Å². The molecule has 0 saturated heterocycles. The molecule has 2 N–H and O–H groups in total. The minimum atomic E-state index is -0.753. The fourth-order valence-corrected chi connectivity index (χ4v) is 2.50. The quantitative estimate of drug-likeness (QED) is 0.693. The smallest absolute Gasteiger partial charge is 0.366 e. The third kappa shape index (κ3) is 1.31. The van der Waals surface area contributed by atoms with E-state index in [2.05, 4.69) is 9.97 Å². The van der Waals surface area contributed by atoms with Crippen LogP contribution in [0, 0.1) is 0 Å². The average molecular weight is 236 g/mol. The van der Waals surface area contributed by atoms with Crippen LogP contribution in [-0.4, -0.2) is 24.5 Å². The highest BCUT2D eigenvalue weighted by molar-refractivity contribution is 5.68. The summed E-state index contributed by atoms with van der Waals surface area (Å²) in [7, 11) is 0. The summed E-state index contributed by atoms with van der Waals surface area (Å²) in [6.07, 6.45) is 5.21. The summed E-state index contributed by atoms with van der Waals surface area (Å²) in [5, 5.41) is 9.49. The topological polar surface area (TPSA) is 92.9 Å². The van der Waals surface area contributed by atoms with Crippen LogP contribution in [-0.2, 0) is 0 Å². The third-order valence-electron chi connectivity index (χ3n) is 3.33. The number of hydrogen-bond acceptors (Lipinski definition) is 4. The molecule has 0 spiro atoms. The molecule has 7 nitrogen and oxygen atoms in total. The van der Waals surface area contributed by atoms with Gasteiger partial charge in [-0.05, 0) is 12.8 Å².